The van der Waals surface area contributed by atoms with E-state index in [0.717, 1.165) is 11.3 Å². The monoisotopic (exact) mass is 193 g/mol. The first-order chi connectivity index (χ1) is 6.57. The average Bonchev–Trinajstić information content (AvgIpc) is 2.20. The summed E-state index contributed by atoms with van der Waals surface area (Å²) in [5, 5.41) is 0. The van der Waals surface area contributed by atoms with Crippen LogP contribution >= 0.6 is 0 Å². The van der Waals surface area contributed by atoms with Crippen molar-refractivity contribution in [3.8, 4) is 0 Å². The third-order valence-electron chi connectivity index (χ3n) is 2.39. The van der Waals surface area contributed by atoms with Gasteiger partial charge in [0.25, 0.3) is 0 Å². The number of amides is 1. The maximum Gasteiger partial charge on any atom is 0.413 e. The summed E-state index contributed by atoms with van der Waals surface area (Å²) in [4.78, 5) is 12.8. The summed E-state index contributed by atoms with van der Waals surface area (Å²) < 4.78 is 4.65. The van der Waals surface area contributed by atoms with Crippen molar-refractivity contribution >= 4 is 11.8 Å². The quantitative estimate of drug-likeness (QED) is 0.685. The van der Waals surface area contributed by atoms with E-state index < -0.39 is 0 Å². The van der Waals surface area contributed by atoms with E-state index in [1.54, 1.807) is 7.05 Å². The van der Waals surface area contributed by atoms with Gasteiger partial charge in [-0.05, 0) is 31.0 Å². The lowest BCUT2D eigenvalue weighted by molar-refractivity contribution is 0.180. The maximum atomic E-state index is 11.3. The second-order valence-corrected chi connectivity index (χ2v) is 3.25. The number of aryl methyl sites for hydroxylation is 1. The van der Waals surface area contributed by atoms with Crippen molar-refractivity contribution in [1.29, 1.82) is 0 Å². The van der Waals surface area contributed by atoms with E-state index in [4.69, 9.17) is 0 Å². The van der Waals surface area contributed by atoms with E-state index in [1.807, 2.05) is 32.0 Å². The summed E-state index contributed by atoms with van der Waals surface area (Å²) in [6.45, 7) is 4.01. The summed E-state index contributed by atoms with van der Waals surface area (Å²) in [6, 6.07) is 5.85. The number of hydrogen-bond acceptors (Lipinski definition) is 2. The summed E-state index contributed by atoms with van der Waals surface area (Å²) in [7, 11) is 3.08. The first kappa shape index (κ1) is 10.6. The van der Waals surface area contributed by atoms with Crippen LogP contribution in [-0.2, 0) is 4.74 Å². The van der Waals surface area contributed by atoms with Gasteiger partial charge in [-0.15, -0.1) is 0 Å². The van der Waals surface area contributed by atoms with Crippen LogP contribution in [0.5, 0.6) is 0 Å². The molecule has 0 aliphatic rings. The molecule has 0 aromatic heterocycles. The number of rotatable bonds is 1. The fourth-order valence-corrected chi connectivity index (χ4v) is 1.33. The van der Waals surface area contributed by atoms with Crippen LogP contribution in [0.25, 0.3) is 0 Å². The van der Waals surface area contributed by atoms with Gasteiger partial charge in [0.2, 0.25) is 0 Å². The normalized spacial score (nSPS) is 9.71. The predicted octanol–water partition coefficient (Wildman–Crippen LogP) is 2.51. The number of nitrogens with zero attached hydrogens (tertiary/aromatic N) is 1. The highest BCUT2D eigenvalue weighted by Gasteiger charge is 2.12. The molecular weight excluding hydrogens is 178 g/mol. The van der Waals surface area contributed by atoms with E-state index in [2.05, 4.69) is 4.74 Å². The van der Waals surface area contributed by atoms with E-state index in [0.29, 0.717) is 0 Å². The van der Waals surface area contributed by atoms with Crippen molar-refractivity contribution in [2.45, 2.75) is 13.8 Å². The predicted molar refractivity (Wildman–Crippen MR) is 56.7 cm³/mol. The fraction of sp³-hybridized carbons (Fsp3) is 0.364. The molecule has 1 amide bonds. The van der Waals surface area contributed by atoms with Crippen LogP contribution < -0.4 is 4.90 Å². The van der Waals surface area contributed by atoms with Crippen molar-refractivity contribution in [3.05, 3.63) is 29.3 Å². The molecule has 3 heteroatoms. The van der Waals surface area contributed by atoms with Gasteiger partial charge in [0.1, 0.15) is 0 Å². The Kier molecular flexibility index (Phi) is 3.12. The van der Waals surface area contributed by atoms with Crippen molar-refractivity contribution in [3.63, 3.8) is 0 Å². The molecule has 0 fully saturated rings. The molecule has 0 heterocycles. The van der Waals surface area contributed by atoms with Crippen LogP contribution in [0.15, 0.2) is 18.2 Å². The second kappa shape index (κ2) is 4.13. The highest BCUT2D eigenvalue weighted by Crippen LogP contribution is 2.21. The Morgan fingerprint density at radius 3 is 2.57 bits per heavy atom. The summed E-state index contributed by atoms with van der Waals surface area (Å²) in [6.07, 6.45) is -0.348. The third kappa shape index (κ3) is 1.87. The minimum absolute atomic E-state index is 0.348. The topological polar surface area (TPSA) is 29.5 Å². The molecule has 76 valence electrons. The molecule has 0 spiro atoms. The Morgan fingerprint density at radius 1 is 1.36 bits per heavy atom. The Hall–Kier alpha value is -1.51. The first-order valence-corrected chi connectivity index (χ1v) is 4.45. The van der Waals surface area contributed by atoms with Gasteiger partial charge >= 0.3 is 6.09 Å². The molecule has 1 aromatic carbocycles. The smallest absolute Gasteiger partial charge is 0.413 e. The summed E-state index contributed by atoms with van der Waals surface area (Å²) in [5.74, 6) is 0. The lowest BCUT2D eigenvalue weighted by Crippen LogP contribution is -2.26. The molecule has 0 saturated heterocycles. The van der Waals surface area contributed by atoms with E-state index in [-0.39, 0.29) is 6.09 Å². The van der Waals surface area contributed by atoms with Gasteiger partial charge in [-0.1, -0.05) is 12.1 Å². The van der Waals surface area contributed by atoms with Crippen LogP contribution in [-0.4, -0.2) is 20.3 Å². The highest BCUT2D eigenvalue weighted by atomic mass is 16.5. The molecule has 0 unspecified atom stereocenters. The van der Waals surface area contributed by atoms with Gasteiger partial charge in [0.05, 0.1) is 7.11 Å². The zero-order valence-corrected chi connectivity index (χ0v) is 9.00. The Labute approximate surface area is 84.3 Å². The Bertz CT molecular complexity index is 347. The maximum absolute atomic E-state index is 11.3. The van der Waals surface area contributed by atoms with Gasteiger partial charge < -0.3 is 4.74 Å². The number of anilines is 1. The van der Waals surface area contributed by atoms with E-state index >= 15 is 0 Å². The lowest BCUT2D eigenvalue weighted by atomic mass is 10.1. The minimum atomic E-state index is -0.348. The van der Waals surface area contributed by atoms with E-state index in [1.165, 1.54) is 17.6 Å². The summed E-state index contributed by atoms with van der Waals surface area (Å²) >= 11 is 0. The molecule has 0 atom stereocenters. The molecule has 1 rings (SSSR count). The second-order valence-electron chi connectivity index (χ2n) is 3.25. The van der Waals surface area contributed by atoms with Crippen LogP contribution in [0, 0.1) is 13.8 Å². The van der Waals surface area contributed by atoms with Crippen LogP contribution in [0.2, 0.25) is 0 Å². The fourth-order valence-electron chi connectivity index (χ4n) is 1.33. The SMILES string of the molecule is COC(=O)N(C)c1cccc(C)c1C. The molecule has 1 aromatic rings. The van der Waals surface area contributed by atoms with Crippen molar-refractivity contribution in [2.24, 2.45) is 0 Å². The minimum Gasteiger partial charge on any atom is -0.452 e. The number of carbonyl (C=O) groups is 1. The average molecular weight is 193 g/mol. The van der Waals surface area contributed by atoms with Crippen LogP contribution in [0.4, 0.5) is 10.5 Å². The molecule has 0 bridgehead atoms. The lowest BCUT2D eigenvalue weighted by Gasteiger charge is -2.18. The third-order valence-corrected chi connectivity index (χ3v) is 2.39. The number of benzene rings is 1. The molecule has 0 N–H and O–H groups in total. The summed E-state index contributed by atoms with van der Waals surface area (Å²) in [5.41, 5.74) is 3.15. The van der Waals surface area contributed by atoms with Crippen molar-refractivity contribution in [2.75, 3.05) is 19.1 Å². The first-order valence-electron chi connectivity index (χ1n) is 4.45. The molecule has 0 aliphatic carbocycles. The van der Waals surface area contributed by atoms with Gasteiger partial charge in [-0.3, -0.25) is 4.90 Å². The van der Waals surface area contributed by atoms with Gasteiger partial charge in [-0.2, -0.15) is 0 Å². The molecule has 3 nitrogen and oxygen atoms in total. The number of hydrogen-bond donors (Lipinski definition) is 0. The van der Waals surface area contributed by atoms with Gasteiger partial charge in [0.15, 0.2) is 0 Å². The number of carbonyl (C=O) groups excluding carboxylic acids is 1. The molecule has 14 heavy (non-hydrogen) atoms. The van der Waals surface area contributed by atoms with Crippen molar-refractivity contribution in [1.82, 2.24) is 0 Å². The molecular formula is C11H15NO2. The zero-order valence-electron chi connectivity index (χ0n) is 9.00. The van der Waals surface area contributed by atoms with Crippen LogP contribution in [0.1, 0.15) is 11.1 Å². The standard InChI is InChI=1S/C11H15NO2/c1-8-6-5-7-10(9(8)2)12(3)11(13)14-4/h5-7H,1-4H3. The number of methoxy groups -OCH3 is 1. The molecule has 0 aliphatic heterocycles. The Balaban J connectivity index is 3.07. The van der Waals surface area contributed by atoms with E-state index in [9.17, 15) is 4.79 Å². The molecule has 0 saturated carbocycles. The van der Waals surface area contributed by atoms with Crippen LogP contribution in [0.3, 0.4) is 0 Å². The zero-order chi connectivity index (χ0) is 10.7. The van der Waals surface area contributed by atoms with Crippen molar-refractivity contribution < 1.29 is 9.53 Å². The highest BCUT2D eigenvalue weighted by molar-refractivity contribution is 5.88. The number of ether oxygens (including phenoxy) is 1. The Morgan fingerprint density at radius 2 is 2.00 bits per heavy atom. The van der Waals surface area contributed by atoms with Gasteiger partial charge in [0, 0.05) is 12.7 Å². The largest absolute Gasteiger partial charge is 0.452 e. The van der Waals surface area contributed by atoms with Gasteiger partial charge in [-0.25, -0.2) is 4.79 Å². The molecule has 0 radical (unpaired) electrons.